The first-order valence-electron chi connectivity index (χ1n) is 6.84. The summed E-state index contributed by atoms with van der Waals surface area (Å²) in [6.07, 6.45) is -1.29. The molecule has 0 saturated heterocycles. The third-order valence-electron chi connectivity index (χ3n) is 2.83. The SMILES string of the molecule is C/C(=N\OCc1cccnc1)c1cc(Cl)ccc1C(F)(F)F.N=S(=O)=O. The molecule has 1 aromatic heterocycles. The topological polar surface area (TPSA) is 92.5 Å². The van der Waals surface area contributed by atoms with E-state index in [2.05, 4.69) is 10.1 Å². The zero-order valence-electron chi connectivity index (χ0n) is 13.3. The van der Waals surface area contributed by atoms with Gasteiger partial charge in [0.15, 0.2) is 0 Å². The van der Waals surface area contributed by atoms with Crippen LogP contribution in [-0.2, 0) is 28.1 Å². The predicted octanol–water partition coefficient (Wildman–Crippen LogP) is 4.32. The van der Waals surface area contributed by atoms with Crippen molar-refractivity contribution < 1.29 is 26.4 Å². The van der Waals surface area contributed by atoms with Crippen LogP contribution in [0.5, 0.6) is 0 Å². The molecule has 2 rings (SSSR count). The van der Waals surface area contributed by atoms with E-state index in [0.29, 0.717) is 0 Å². The van der Waals surface area contributed by atoms with Crippen molar-refractivity contribution in [3.63, 3.8) is 0 Å². The average Bonchev–Trinajstić information content (AvgIpc) is 2.54. The zero-order valence-corrected chi connectivity index (χ0v) is 14.9. The number of aromatic nitrogens is 1. The lowest BCUT2D eigenvalue weighted by atomic mass is 10.0. The van der Waals surface area contributed by atoms with E-state index in [1.165, 1.54) is 19.1 Å². The summed E-state index contributed by atoms with van der Waals surface area (Å²) in [7, 11) is -2.61. The number of rotatable bonds is 4. The fourth-order valence-corrected chi connectivity index (χ4v) is 1.97. The van der Waals surface area contributed by atoms with E-state index in [9.17, 15) is 13.2 Å². The van der Waals surface area contributed by atoms with Gasteiger partial charge in [0.1, 0.15) is 6.61 Å². The molecule has 6 nitrogen and oxygen atoms in total. The van der Waals surface area contributed by atoms with Crippen LogP contribution < -0.4 is 0 Å². The number of halogens is 4. The van der Waals surface area contributed by atoms with Gasteiger partial charge in [-0.15, -0.1) is 0 Å². The number of oxime groups is 1. The number of pyridine rings is 1. The highest BCUT2D eigenvalue weighted by molar-refractivity contribution is 7.60. The number of nitrogens with one attached hydrogen (secondary N) is 1. The second-order valence-corrected chi connectivity index (χ2v) is 5.64. The highest BCUT2D eigenvalue weighted by Crippen LogP contribution is 2.33. The largest absolute Gasteiger partial charge is 0.417 e. The van der Waals surface area contributed by atoms with Gasteiger partial charge in [-0.3, -0.25) is 4.98 Å². The van der Waals surface area contributed by atoms with E-state index < -0.39 is 22.2 Å². The minimum Gasteiger partial charge on any atom is -0.391 e. The number of hydrogen-bond acceptors (Lipinski definition) is 6. The Balaban J connectivity index is 0.000000765. The van der Waals surface area contributed by atoms with Crippen molar-refractivity contribution in [2.75, 3.05) is 0 Å². The van der Waals surface area contributed by atoms with Gasteiger partial charge >= 0.3 is 16.7 Å². The number of hydrogen-bond donors (Lipinski definition) is 1. The van der Waals surface area contributed by atoms with Crippen LogP contribution in [0, 0.1) is 4.78 Å². The molecular weight excluding hydrogens is 395 g/mol. The fourth-order valence-electron chi connectivity index (χ4n) is 1.80. The van der Waals surface area contributed by atoms with Gasteiger partial charge in [0, 0.05) is 28.5 Å². The molecule has 1 heterocycles. The zero-order chi connectivity index (χ0) is 19.7. The molecule has 11 heteroatoms. The molecule has 0 atom stereocenters. The third-order valence-corrected chi connectivity index (χ3v) is 3.07. The highest BCUT2D eigenvalue weighted by atomic mass is 35.5. The van der Waals surface area contributed by atoms with E-state index in [-0.39, 0.29) is 22.9 Å². The van der Waals surface area contributed by atoms with Gasteiger partial charge in [-0.05, 0) is 31.2 Å². The molecule has 0 aliphatic heterocycles. The molecular formula is C15H13ClF3N3O3S. The monoisotopic (exact) mass is 407 g/mol. The summed E-state index contributed by atoms with van der Waals surface area (Å²) >= 11 is 5.77. The quantitative estimate of drug-likeness (QED) is 0.603. The van der Waals surface area contributed by atoms with Crippen molar-refractivity contribution in [3.05, 3.63) is 64.4 Å². The Bertz CT molecular complexity index is 866. The first-order chi connectivity index (χ1) is 12.1. The molecule has 0 saturated carbocycles. The predicted molar refractivity (Wildman–Crippen MR) is 89.3 cm³/mol. The van der Waals surface area contributed by atoms with Gasteiger partial charge in [0.25, 0.3) is 0 Å². The Morgan fingerprint density at radius 1 is 1.35 bits per heavy atom. The number of benzene rings is 1. The van der Waals surface area contributed by atoms with Crippen molar-refractivity contribution in [2.24, 2.45) is 5.16 Å². The summed E-state index contributed by atoms with van der Waals surface area (Å²) in [5, 5.41) is 3.93. The summed E-state index contributed by atoms with van der Waals surface area (Å²) < 4.78 is 61.8. The van der Waals surface area contributed by atoms with E-state index in [4.69, 9.17) is 29.6 Å². The molecule has 0 fully saturated rings. The van der Waals surface area contributed by atoms with Crippen LogP contribution >= 0.6 is 11.6 Å². The molecule has 0 amide bonds. The van der Waals surface area contributed by atoms with Crippen molar-refractivity contribution in [2.45, 2.75) is 19.7 Å². The second-order valence-electron chi connectivity index (χ2n) is 4.73. The Hall–Kier alpha value is -2.46. The molecule has 1 aromatic carbocycles. The molecule has 0 aliphatic rings. The van der Waals surface area contributed by atoms with Gasteiger partial charge in [0.2, 0.25) is 0 Å². The first-order valence-corrected chi connectivity index (χ1v) is 8.29. The Morgan fingerprint density at radius 3 is 2.54 bits per heavy atom. The summed E-state index contributed by atoms with van der Waals surface area (Å²) in [4.78, 5) is 8.98. The van der Waals surface area contributed by atoms with Crippen LogP contribution in [0.15, 0.2) is 47.9 Å². The number of nitrogens with zero attached hydrogens (tertiary/aromatic N) is 2. The minimum atomic E-state index is -4.49. The first kappa shape index (κ1) is 21.6. The Kier molecular flexibility index (Phi) is 8.20. The van der Waals surface area contributed by atoms with Crippen molar-refractivity contribution in [3.8, 4) is 0 Å². The summed E-state index contributed by atoms with van der Waals surface area (Å²) in [6, 6.07) is 6.85. The molecule has 1 N–H and O–H groups in total. The molecule has 0 aliphatic carbocycles. The fraction of sp³-hybridized carbons (Fsp3) is 0.200. The highest BCUT2D eigenvalue weighted by Gasteiger charge is 2.34. The lowest BCUT2D eigenvalue weighted by molar-refractivity contribution is -0.137. The van der Waals surface area contributed by atoms with Crippen LogP contribution in [-0.4, -0.2) is 19.1 Å². The second kappa shape index (κ2) is 9.88. The Morgan fingerprint density at radius 2 is 2.00 bits per heavy atom. The Labute approximate surface area is 153 Å². The van der Waals surface area contributed by atoms with Crippen LogP contribution in [0.2, 0.25) is 5.02 Å². The maximum atomic E-state index is 13.0. The standard InChI is InChI=1S/C15H12ClF3N2O.HNO2S/c1-10(21-22-9-11-3-2-6-20-8-11)13-7-12(16)4-5-14(13)15(17,18)19;1-4(2)3/h2-8H,9H2,1H3;1H/b21-10+;. The molecule has 2 aromatic rings. The molecule has 0 spiro atoms. The smallest absolute Gasteiger partial charge is 0.391 e. The van der Waals surface area contributed by atoms with Gasteiger partial charge in [-0.25, -0.2) is 0 Å². The van der Waals surface area contributed by atoms with Gasteiger partial charge in [0.05, 0.1) is 11.3 Å². The average molecular weight is 408 g/mol. The van der Waals surface area contributed by atoms with Gasteiger partial charge in [-0.2, -0.15) is 26.4 Å². The lowest BCUT2D eigenvalue weighted by Gasteiger charge is -2.12. The van der Waals surface area contributed by atoms with Crippen molar-refractivity contribution >= 4 is 27.8 Å². The number of alkyl halides is 3. The summed E-state index contributed by atoms with van der Waals surface area (Å²) in [6.45, 7) is 1.55. The molecule has 140 valence electrons. The minimum absolute atomic E-state index is 0.0960. The molecule has 0 unspecified atom stereocenters. The molecule has 0 bridgehead atoms. The van der Waals surface area contributed by atoms with E-state index in [0.717, 1.165) is 11.6 Å². The third kappa shape index (κ3) is 7.62. The maximum Gasteiger partial charge on any atom is 0.417 e. The van der Waals surface area contributed by atoms with Crippen LogP contribution in [0.1, 0.15) is 23.6 Å². The van der Waals surface area contributed by atoms with E-state index in [1.807, 2.05) is 0 Å². The van der Waals surface area contributed by atoms with Crippen molar-refractivity contribution in [1.82, 2.24) is 4.98 Å². The molecule has 26 heavy (non-hydrogen) atoms. The normalized spacial score (nSPS) is 11.3. The van der Waals surface area contributed by atoms with E-state index >= 15 is 0 Å². The van der Waals surface area contributed by atoms with Gasteiger partial charge < -0.3 is 4.84 Å². The van der Waals surface area contributed by atoms with Gasteiger partial charge in [-0.1, -0.05) is 22.8 Å². The maximum absolute atomic E-state index is 13.0. The van der Waals surface area contributed by atoms with Crippen LogP contribution in [0.4, 0.5) is 13.2 Å². The summed E-state index contributed by atoms with van der Waals surface area (Å²) in [5.41, 5.74) is -0.0470. The lowest BCUT2D eigenvalue weighted by Crippen LogP contribution is -2.12. The van der Waals surface area contributed by atoms with Crippen LogP contribution in [0.3, 0.4) is 0 Å². The summed E-state index contributed by atoms with van der Waals surface area (Å²) in [5.74, 6) is 0. The molecule has 0 radical (unpaired) electrons. The van der Waals surface area contributed by atoms with Crippen molar-refractivity contribution in [1.29, 1.82) is 4.78 Å². The van der Waals surface area contributed by atoms with E-state index in [1.54, 1.807) is 24.5 Å². The van der Waals surface area contributed by atoms with Crippen LogP contribution in [0.25, 0.3) is 0 Å².